The van der Waals surface area contributed by atoms with E-state index < -0.39 is 16.1 Å². The number of sulfonamides is 1. The first-order valence-electron chi connectivity index (χ1n) is 9.21. The number of hydrogen-bond acceptors (Lipinski definition) is 3. The second-order valence-electron chi connectivity index (χ2n) is 7.23. The van der Waals surface area contributed by atoms with Crippen molar-refractivity contribution in [2.45, 2.75) is 45.2 Å². The van der Waals surface area contributed by atoms with Crippen LogP contribution < -0.4 is 9.62 Å². The maximum Gasteiger partial charge on any atom is 0.244 e. The summed E-state index contributed by atoms with van der Waals surface area (Å²) in [4.78, 5) is 13.0. The zero-order valence-electron chi connectivity index (χ0n) is 16.0. The van der Waals surface area contributed by atoms with Crippen LogP contribution in [-0.2, 0) is 21.2 Å². The summed E-state index contributed by atoms with van der Waals surface area (Å²) in [6.45, 7) is 3.53. The molecule has 0 fully saturated rings. The van der Waals surface area contributed by atoms with E-state index in [9.17, 15) is 13.2 Å². The van der Waals surface area contributed by atoms with Gasteiger partial charge in [0.05, 0.1) is 18.0 Å². The van der Waals surface area contributed by atoms with Gasteiger partial charge in [0, 0.05) is 0 Å². The van der Waals surface area contributed by atoms with E-state index in [4.69, 9.17) is 0 Å². The van der Waals surface area contributed by atoms with Gasteiger partial charge in [-0.05, 0) is 61.9 Å². The average molecular weight is 387 g/mol. The van der Waals surface area contributed by atoms with E-state index in [2.05, 4.69) is 11.4 Å². The predicted octanol–water partition coefficient (Wildman–Crippen LogP) is 3.34. The Kier molecular flexibility index (Phi) is 5.56. The lowest BCUT2D eigenvalue weighted by molar-refractivity contribution is -0.122. The maximum atomic E-state index is 13.0. The lowest BCUT2D eigenvalue weighted by atomic mass is 9.87. The molecule has 1 aliphatic rings. The SMILES string of the molecule is Cc1cccc(N([C@H](C)C(=O)N[C@@H]2CCCc3ccccc32)S(C)(=O)=O)c1. The largest absolute Gasteiger partial charge is 0.347 e. The highest BCUT2D eigenvalue weighted by molar-refractivity contribution is 7.92. The number of rotatable bonds is 5. The van der Waals surface area contributed by atoms with Crippen molar-refractivity contribution in [1.29, 1.82) is 0 Å². The normalized spacial score (nSPS) is 17.7. The van der Waals surface area contributed by atoms with E-state index >= 15 is 0 Å². The van der Waals surface area contributed by atoms with Crippen molar-refractivity contribution in [3.8, 4) is 0 Å². The molecule has 1 N–H and O–H groups in total. The van der Waals surface area contributed by atoms with Crippen molar-refractivity contribution >= 4 is 21.6 Å². The van der Waals surface area contributed by atoms with Gasteiger partial charge >= 0.3 is 0 Å². The monoisotopic (exact) mass is 386 g/mol. The van der Waals surface area contributed by atoms with Gasteiger partial charge in [0.25, 0.3) is 0 Å². The van der Waals surface area contributed by atoms with Crippen LogP contribution in [0.4, 0.5) is 5.69 Å². The number of aryl methyl sites for hydroxylation is 2. The van der Waals surface area contributed by atoms with Gasteiger partial charge in [-0.3, -0.25) is 9.10 Å². The molecule has 0 spiro atoms. The quantitative estimate of drug-likeness (QED) is 0.857. The number of nitrogens with zero attached hydrogens (tertiary/aromatic N) is 1. The van der Waals surface area contributed by atoms with E-state index in [0.717, 1.165) is 36.6 Å². The summed E-state index contributed by atoms with van der Waals surface area (Å²) in [6, 6.07) is 14.4. The van der Waals surface area contributed by atoms with Crippen LogP contribution in [-0.4, -0.2) is 26.6 Å². The number of nitrogens with one attached hydrogen (secondary N) is 1. The van der Waals surface area contributed by atoms with Crippen LogP contribution >= 0.6 is 0 Å². The van der Waals surface area contributed by atoms with Gasteiger partial charge in [-0.15, -0.1) is 0 Å². The summed E-state index contributed by atoms with van der Waals surface area (Å²) in [5.41, 5.74) is 3.82. The number of carbonyl (C=O) groups is 1. The Labute approximate surface area is 161 Å². The highest BCUT2D eigenvalue weighted by Crippen LogP contribution is 2.30. The average Bonchev–Trinajstić information content (AvgIpc) is 2.61. The summed E-state index contributed by atoms with van der Waals surface area (Å²) in [5, 5.41) is 3.07. The Morgan fingerprint density at radius 3 is 2.63 bits per heavy atom. The third-order valence-electron chi connectivity index (χ3n) is 5.03. The van der Waals surface area contributed by atoms with Crippen molar-refractivity contribution < 1.29 is 13.2 Å². The minimum atomic E-state index is -3.61. The number of benzene rings is 2. The summed E-state index contributed by atoms with van der Waals surface area (Å²) in [7, 11) is -3.61. The third kappa shape index (κ3) is 4.33. The molecule has 0 unspecified atom stereocenters. The van der Waals surface area contributed by atoms with E-state index in [1.54, 1.807) is 25.1 Å². The minimum absolute atomic E-state index is 0.0798. The van der Waals surface area contributed by atoms with Crippen LogP contribution in [0.15, 0.2) is 48.5 Å². The highest BCUT2D eigenvalue weighted by atomic mass is 32.2. The first-order chi connectivity index (χ1) is 12.8. The molecule has 0 bridgehead atoms. The van der Waals surface area contributed by atoms with Crippen LogP contribution in [0, 0.1) is 6.92 Å². The van der Waals surface area contributed by atoms with Crippen LogP contribution in [0.3, 0.4) is 0 Å². The molecule has 0 heterocycles. The molecule has 1 aliphatic carbocycles. The zero-order valence-corrected chi connectivity index (χ0v) is 16.8. The van der Waals surface area contributed by atoms with Crippen molar-refractivity contribution in [3.63, 3.8) is 0 Å². The molecule has 27 heavy (non-hydrogen) atoms. The van der Waals surface area contributed by atoms with E-state index in [0.29, 0.717) is 5.69 Å². The Bertz CT molecular complexity index is 940. The minimum Gasteiger partial charge on any atom is -0.347 e. The summed E-state index contributed by atoms with van der Waals surface area (Å²) in [6.07, 6.45) is 4.01. The molecular formula is C21H26N2O3S. The first kappa shape index (κ1) is 19.4. The number of fused-ring (bicyclic) bond motifs is 1. The number of amides is 1. The Morgan fingerprint density at radius 2 is 1.93 bits per heavy atom. The molecule has 5 nitrogen and oxygen atoms in total. The van der Waals surface area contributed by atoms with Gasteiger partial charge in [0.1, 0.15) is 6.04 Å². The number of hydrogen-bond donors (Lipinski definition) is 1. The summed E-state index contributed by atoms with van der Waals surface area (Å²) < 4.78 is 26.0. The molecule has 2 aromatic carbocycles. The van der Waals surface area contributed by atoms with E-state index in [-0.39, 0.29) is 11.9 Å². The Morgan fingerprint density at radius 1 is 1.19 bits per heavy atom. The second kappa shape index (κ2) is 7.72. The number of carbonyl (C=O) groups excluding carboxylic acids is 1. The van der Waals surface area contributed by atoms with Crippen molar-refractivity contribution in [2.24, 2.45) is 0 Å². The van der Waals surface area contributed by atoms with Crippen LogP contribution in [0.1, 0.15) is 42.5 Å². The van der Waals surface area contributed by atoms with Crippen LogP contribution in [0.25, 0.3) is 0 Å². The molecule has 3 rings (SSSR count). The van der Waals surface area contributed by atoms with E-state index in [1.165, 1.54) is 9.87 Å². The van der Waals surface area contributed by atoms with Gasteiger partial charge in [-0.25, -0.2) is 8.42 Å². The zero-order chi connectivity index (χ0) is 19.6. The molecule has 2 aromatic rings. The molecule has 0 radical (unpaired) electrons. The lowest BCUT2D eigenvalue weighted by Crippen LogP contribution is -2.49. The molecule has 1 amide bonds. The third-order valence-corrected chi connectivity index (χ3v) is 6.27. The molecule has 2 atom stereocenters. The molecule has 0 saturated heterocycles. The fourth-order valence-corrected chi connectivity index (χ4v) is 4.94. The molecule has 0 aromatic heterocycles. The predicted molar refractivity (Wildman–Crippen MR) is 108 cm³/mol. The maximum absolute atomic E-state index is 13.0. The molecular weight excluding hydrogens is 360 g/mol. The molecule has 144 valence electrons. The van der Waals surface area contributed by atoms with Crippen LogP contribution in [0.2, 0.25) is 0 Å². The van der Waals surface area contributed by atoms with Gasteiger partial charge in [0.2, 0.25) is 15.9 Å². The van der Waals surface area contributed by atoms with Gasteiger partial charge in [0.15, 0.2) is 0 Å². The molecule has 6 heteroatoms. The lowest BCUT2D eigenvalue weighted by Gasteiger charge is -2.32. The van der Waals surface area contributed by atoms with Gasteiger partial charge in [-0.2, -0.15) is 0 Å². The highest BCUT2D eigenvalue weighted by Gasteiger charge is 2.31. The van der Waals surface area contributed by atoms with Crippen LogP contribution in [0.5, 0.6) is 0 Å². The second-order valence-corrected chi connectivity index (χ2v) is 9.09. The summed E-state index contributed by atoms with van der Waals surface area (Å²) >= 11 is 0. The topological polar surface area (TPSA) is 66.5 Å². The first-order valence-corrected chi connectivity index (χ1v) is 11.1. The van der Waals surface area contributed by atoms with E-state index in [1.807, 2.05) is 31.2 Å². The van der Waals surface area contributed by atoms with Gasteiger partial charge < -0.3 is 5.32 Å². The standard InChI is InChI=1S/C21H26N2O3S/c1-15-8-6-11-18(14-15)23(27(3,25)26)16(2)21(24)22-20-13-7-10-17-9-4-5-12-19(17)20/h4-6,8-9,11-12,14,16,20H,7,10,13H2,1-3H3,(H,22,24)/t16-,20-/m1/s1. The Balaban J connectivity index is 1.85. The van der Waals surface area contributed by atoms with Crippen molar-refractivity contribution in [2.75, 3.05) is 10.6 Å². The van der Waals surface area contributed by atoms with Crippen molar-refractivity contribution in [1.82, 2.24) is 5.32 Å². The van der Waals surface area contributed by atoms with Gasteiger partial charge in [-0.1, -0.05) is 36.4 Å². The molecule has 0 aliphatic heterocycles. The smallest absolute Gasteiger partial charge is 0.244 e. The Hall–Kier alpha value is -2.34. The fourth-order valence-electron chi connectivity index (χ4n) is 3.77. The summed E-state index contributed by atoms with van der Waals surface area (Å²) in [5.74, 6) is -0.288. The molecule has 0 saturated carbocycles. The fraction of sp³-hybridized carbons (Fsp3) is 0.381. The number of anilines is 1. The van der Waals surface area contributed by atoms with Crippen molar-refractivity contribution in [3.05, 3.63) is 65.2 Å².